The minimum Gasteiger partial charge on any atom is -0.355 e. The van der Waals surface area contributed by atoms with E-state index < -0.39 is 29.0 Å². The number of hydrogen-bond acceptors (Lipinski definition) is 5. The van der Waals surface area contributed by atoms with E-state index in [1.807, 2.05) is 19.9 Å². The van der Waals surface area contributed by atoms with Gasteiger partial charge in [0.2, 0.25) is 0 Å². The number of pyridine rings is 1. The van der Waals surface area contributed by atoms with Crippen molar-refractivity contribution in [1.29, 1.82) is 0 Å². The van der Waals surface area contributed by atoms with Gasteiger partial charge in [0.1, 0.15) is 17.0 Å². The molecule has 0 radical (unpaired) electrons. The van der Waals surface area contributed by atoms with Crippen LogP contribution in [-0.2, 0) is 13.2 Å². The highest BCUT2D eigenvalue weighted by Crippen LogP contribution is 2.35. The van der Waals surface area contributed by atoms with Crippen LogP contribution in [0.15, 0.2) is 35.5 Å². The fourth-order valence-electron chi connectivity index (χ4n) is 4.53. The van der Waals surface area contributed by atoms with E-state index >= 15 is 0 Å². The van der Waals surface area contributed by atoms with Gasteiger partial charge in [-0.25, -0.2) is 14.8 Å². The predicted molar refractivity (Wildman–Crippen MR) is 122 cm³/mol. The molecular weight excluding hydrogens is 451 g/mol. The number of halogens is 3. The maximum absolute atomic E-state index is 13.2. The summed E-state index contributed by atoms with van der Waals surface area (Å²) in [6.45, 7) is 5.23. The summed E-state index contributed by atoms with van der Waals surface area (Å²) in [5, 5.41) is 2.37. The van der Waals surface area contributed by atoms with Crippen LogP contribution in [0.5, 0.6) is 0 Å². The van der Waals surface area contributed by atoms with Crippen molar-refractivity contribution in [3.8, 4) is 0 Å². The highest BCUT2D eigenvalue weighted by atomic mass is 19.4. The number of carbonyl (C=O) groups excluding carboxylic acids is 1. The van der Waals surface area contributed by atoms with Crippen molar-refractivity contribution in [3.05, 3.63) is 46.6 Å². The van der Waals surface area contributed by atoms with E-state index in [2.05, 4.69) is 25.2 Å². The van der Waals surface area contributed by atoms with E-state index in [0.717, 1.165) is 15.9 Å². The molecule has 4 rings (SSSR count). The van der Waals surface area contributed by atoms with Crippen molar-refractivity contribution in [1.82, 2.24) is 24.4 Å². The highest BCUT2D eigenvalue weighted by molar-refractivity contribution is 5.89. The monoisotopic (exact) mass is 477 g/mol. The summed E-state index contributed by atoms with van der Waals surface area (Å²) in [7, 11) is 2.80. The lowest BCUT2D eigenvalue weighted by Gasteiger charge is -2.48. The standard InChI is InChI=1S/C22H26F3N7O2/c1-21(2)12-32(17-10-27-18-14(28-17)5-7-26-18)8-6-16(21)31(4)20(34)29-15-9-13(22(23,24)25)11-30(3)19(15)33/h5,7,9-11,16H,6,8,12H2,1-4H3,(H,26,27)(H,29,34). The van der Waals surface area contributed by atoms with Crippen LogP contribution in [0.25, 0.3) is 11.2 Å². The number of amides is 2. The number of nitrogens with one attached hydrogen (secondary N) is 2. The number of aromatic amines is 1. The van der Waals surface area contributed by atoms with E-state index in [-0.39, 0.29) is 11.5 Å². The van der Waals surface area contributed by atoms with Crippen LogP contribution in [0, 0.1) is 5.41 Å². The van der Waals surface area contributed by atoms with E-state index in [4.69, 9.17) is 0 Å². The summed E-state index contributed by atoms with van der Waals surface area (Å²) in [5.41, 5.74) is -1.06. The van der Waals surface area contributed by atoms with Gasteiger partial charge in [-0.3, -0.25) is 4.79 Å². The van der Waals surface area contributed by atoms with Gasteiger partial charge in [-0.15, -0.1) is 0 Å². The van der Waals surface area contributed by atoms with Crippen molar-refractivity contribution < 1.29 is 18.0 Å². The number of rotatable bonds is 3. The number of alkyl halides is 3. The normalized spacial score (nSPS) is 18.2. The van der Waals surface area contributed by atoms with Crippen LogP contribution >= 0.6 is 0 Å². The quantitative estimate of drug-likeness (QED) is 0.602. The lowest BCUT2D eigenvalue weighted by Crippen LogP contribution is -2.57. The minimum absolute atomic E-state index is 0.220. The third-order valence-electron chi connectivity index (χ3n) is 6.29. The summed E-state index contributed by atoms with van der Waals surface area (Å²) in [6.07, 6.45) is 0.140. The molecule has 0 saturated carbocycles. The van der Waals surface area contributed by atoms with Gasteiger partial charge < -0.3 is 24.7 Å². The lowest BCUT2D eigenvalue weighted by molar-refractivity contribution is -0.138. The first-order valence-electron chi connectivity index (χ1n) is 10.7. The zero-order valence-electron chi connectivity index (χ0n) is 19.3. The van der Waals surface area contributed by atoms with Gasteiger partial charge in [0.25, 0.3) is 5.56 Å². The second-order valence-electron chi connectivity index (χ2n) is 9.25. The number of piperidine rings is 1. The number of nitrogens with zero attached hydrogens (tertiary/aromatic N) is 5. The van der Waals surface area contributed by atoms with Crippen LogP contribution < -0.4 is 15.8 Å². The van der Waals surface area contributed by atoms with Crippen LogP contribution in [0.2, 0.25) is 0 Å². The summed E-state index contributed by atoms with van der Waals surface area (Å²) in [4.78, 5) is 40.9. The Morgan fingerprint density at radius 2 is 2.09 bits per heavy atom. The van der Waals surface area contributed by atoms with Crippen molar-refractivity contribution in [2.45, 2.75) is 32.5 Å². The Kier molecular flexibility index (Phi) is 5.78. The molecule has 0 spiro atoms. The average Bonchev–Trinajstić information content (AvgIpc) is 3.22. The number of H-pyrrole nitrogens is 1. The van der Waals surface area contributed by atoms with Gasteiger partial charge in [0.15, 0.2) is 5.65 Å². The van der Waals surface area contributed by atoms with Gasteiger partial charge in [-0.05, 0) is 18.6 Å². The highest BCUT2D eigenvalue weighted by Gasteiger charge is 2.40. The van der Waals surface area contributed by atoms with Crippen LogP contribution in [0.3, 0.4) is 0 Å². The van der Waals surface area contributed by atoms with E-state index in [1.165, 1.54) is 11.9 Å². The van der Waals surface area contributed by atoms with E-state index in [1.54, 1.807) is 19.4 Å². The maximum Gasteiger partial charge on any atom is 0.417 e. The molecule has 1 fully saturated rings. The van der Waals surface area contributed by atoms with Gasteiger partial charge in [0, 0.05) is 51.0 Å². The molecular formula is C22H26F3N7O2. The Morgan fingerprint density at radius 3 is 2.76 bits per heavy atom. The number of aryl methyl sites for hydroxylation is 1. The molecule has 0 aromatic carbocycles. The molecule has 182 valence electrons. The molecule has 3 aromatic heterocycles. The number of fused-ring (bicyclic) bond motifs is 1. The molecule has 2 N–H and O–H groups in total. The molecule has 1 unspecified atom stereocenters. The molecule has 4 heterocycles. The molecule has 1 atom stereocenters. The molecule has 0 aliphatic carbocycles. The molecule has 2 amide bonds. The Hall–Kier alpha value is -3.57. The second-order valence-corrected chi connectivity index (χ2v) is 9.25. The molecule has 9 nitrogen and oxygen atoms in total. The van der Waals surface area contributed by atoms with Crippen molar-refractivity contribution >= 4 is 28.7 Å². The second kappa shape index (κ2) is 8.33. The first-order chi connectivity index (χ1) is 15.9. The van der Waals surface area contributed by atoms with E-state index in [9.17, 15) is 22.8 Å². The molecule has 0 bridgehead atoms. The van der Waals surface area contributed by atoms with Gasteiger partial charge in [-0.1, -0.05) is 13.8 Å². The zero-order chi connectivity index (χ0) is 24.8. The Bertz CT molecular complexity index is 1280. The molecule has 12 heteroatoms. The molecule has 1 aliphatic heterocycles. The van der Waals surface area contributed by atoms with Crippen LogP contribution in [0.1, 0.15) is 25.8 Å². The zero-order valence-corrected chi connectivity index (χ0v) is 19.3. The number of anilines is 2. The maximum atomic E-state index is 13.2. The Morgan fingerprint density at radius 1 is 1.35 bits per heavy atom. The third-order valence-corrected chi connectivity index (χ3v) is 6.29. The lowest BCUT2D eigenvalue weighted by atomic mass is 9.78. The number of urea groups is 1. The average molecular weight is 477 g/mol. The van der Waals surface area contributed by atoms with Crippen LogP contribution in [0.4, 0.5) is 29.5 Å². The topological polar surface area (TPSA) is 99.1 Å². The fourth-order valence-corrected chi connectivity index (χ4v) is 4.53. The molecule has 34 heavy (non-hydrogen) atoms. The van der Waals surface area contributed by atoms with Crippen molar-refractivity contribution in [3.63, 3.8) is 0 Å². The number of carbonyl (C=O) groups is 1. The summed E-state index contributed by atoms with van der Waals surface area (Å²) >= 11 is 0. The molecule has 1 saturated heterocycles. The SMILES string of the molecule is CN(C(=O)Nc1cc(C(F)(F)F)cn(C)c1=O)C1CCN(c2cnc3[nH]ccc3n2)CC1(C)C. The van der Waals surface area contributed by atoms with Gasteiger partial charge in [0.05, 0.1) is 11.8 Å². The summed E-state index contributed by atoms with van der Waals surface area (Å²) < 4.78 is 40.3. The Labute approximate surface area is 193 Å². The molecule has 3 aromatic rings. The largest absolute Gasteiger partial charge is 0.417 e. The first kappa shape index (κ1) is 23.6. The van der Waals surface area contributed by atoms with Crippen molar-refractivity contribution in [2.75, 3.05) is 30.4 Å². The van der Waals surface area contributed by atoms with Crippen molar-refractivity contribution in [2.24, 2.45) is 12.5 Å². The van der Waals surface area contributed by atoms with Crippen LogP contribution in [-0.4, -0.2) is 56.6 Å². The van der Waals surface area contributed by atoms with E-state index in [0.29, 0.717) is 37.4 Å². The smallest absolute Gasteiger partial charge is 0.355 e. The van der Waals surface area contributed by atoms with Gasteiger partial charge >= 0.3 is 12.2 Å². The minimum atomic E-state index is -4.64. The Balaban J connectivity index is 1.50. The number of aromatic nitrogens is 4. The number of hydrogen-bond donors (Lipinski definition) is 2. The molecule has 1 aliphatic rings. The summed E-state index contributed by atoms with van der Waals surface area (Å²) in [5.74, 6) is 0.734. The fraction of sp³-hybridized carbons (Fsp3) is 0.455. The summed E-state index contributed by atoms with van der Waals surface area (Å²) in [6, 6.07) is 1.65. The first-order valence-corrected chi connectivity index (χ1v) is 10.7. The third kappa shape index (κ3) is 4.44. The predicted octanol–water partition coefficient (Wildman–Crippen LogP) is 3.44. The van der Waals surface area contributed by atoms with Gasteiger partial charge in [-0.2, -0.15) is 13.2 Å².